The maximum absolute atomic E-state index is 12.6. The van der Waals surface area contributed by atoms with Crippen LogP contribution in [0.15, 0.2) is 0 Å². The fourth-order valence-electron chi connectivity index (χ4n) is 2.00. The van der Waals surface area contributed by atoms with Crippen LogP contribution >= 0.6 is 0 Å². The summed E-state index contributed by atoms with van der Waals surface area (Å²) in [4.78, 5) is 34.7. The zero-order valence-corrected chi connectivity index (χ0v) is 11.9. The standard InChI is InChI=1S/C13H23FN2O3/c1-10(17)8-16(9-13(14)19)12(11(2)18)6-4-5-7-15-3/h12,15H,4-9H2,1-3H3. The molecule has 0 heterocycles. The average Bonchev–Trinajstić information content (AvgIpc) is 2.26. The normalized spacial score (nSPS) is 12.5. The minimum Gasteiger partial charge on any atom is -0.320 e. The van der Waals surface area contributed by atoms with Crippen molar-refractivity contribution in [2.75, 3.05) is 26.7 Å². The van der Waals surface area contributed by atoms with Gasteiger partial charge in [-0.3, -0.25) is 19.3 Å². The molecule has 1 atom stereocenters. The van der Waals surface area contributed by atoms with Crippen molar-refractivity contribution < 1.29 is 18.8 Å². The number of nitrogens with zero attached hydrogens (tertiary/aromatic N) is 1. The van der Waals surface area contributed by atoms with Crippen LogP contribution in [0.1, 0.15) is 33.1 Å². The van der Waals surface area contributed by atoms with Crippen LogP contribution < -0.4 is 5.32 Å². The van der Waals surface area contributed by atoms with Gasteiger partial charge < -0.3 is 5.32 Å². The van der Waals surface area contributed by atoms with Crippen LogP contribution in [0.25, 0.3) is 0 Å². The predicted octanol–water partition coefficient (Wildman–Crippen LogP) is 0.721. The van der Waals surface area contributed by atoms with Gasteiger partial charge >= 0.3 is 6.04 Å². The highest BCUT2D eigenvalue weighted by atomic mass is 19.1. The largest absolute Gasteiger partial charge is 0.320 e. The number of hydrogen-bond donors (Lipinski definition) is 1. The Bertz CT molecular complexity index is 305. The van der Waals surface area contributed by atoms with Gasteiger partial charge in [0.25, 0.3) is 0 Å². The Morgan fingerprint density at radius 2 is 1.79 bits per heavy atom. The van der Waals surface area contributed by atoms with Crippen molar-refractivity contribution in [1.29, 1.82) is 0 Å². The van der Waals surface area contributed by atoms with Gasteiger partial charge in [-0.15, -0.1) is 0 Å². The van der Waals surface area contributed by atoms with E-state index in [1.807, 2.05) is 7.05 Å². The molecule has 0 rings (SSSR count). The van der Waals surface area contributed by atoms with Crippen LogP contribution in [0.5, 0.6) is 0 Å². The Morgan fingerprint density at radius 3 is 2.21 bits per heavy atom. The highest BCUT2D eigenvalue weighted by molar-refractivity contribution is 5.84. The highest BCUT2D eigenvalue weighted by Crippen LogP contribution is 2.11. The van der Waals surface area contributed by atoms with Gasteiger partial charge in [-0.2, -0.15) is 4.39 Å². The van der Waals surface area contributed by atoms with Crippen molar-refractivity contribution in [3.05, 3.63) is 0 Å². The van der Waals surface area contributed by atoms with Gasteiger partial charge in [0.05, 0.1) is 19.1 Å². The van der Waals surface area contributed by atoms with E-state index in [2.05, 4.69) is 5.32 Å². The quantitative estimate of drug-likeness (QED) is 0.444. The summed E-state index contributed by atoms with van der Waals surface area (Å²) in [5, 5.41) is 3.00. The molecule has 0 aliphatic rings. The van der Waals surface area contributed by atoms with Crippen LogP contribution in [0, 0.1) is 0 Å². The lowest BCUT2D eigenvalue weighted by molar-refractivity contribution is -0.133. The number of nitrogens with one attached hydrogen (secondary N) is 1. The molecule has 0 saturated heterocycles. The monoisotopic (exact) mass is 274 g/mol. The number of hydrogen-bond acceptors (Lipinski definition) is 5. The van der Waals surface area contributed by atoms with Gasteiger partial charge in [-0.1, -0.05) is 6.42 Å². The van der Waals surface area contributed by atoms with E-state index in [-0.39, 0.29) is 18.1 Å². The van der Waals surface area contributed by atoms with E-state index in [1.165, 1.54) is 18.7 Å². The van der Waals surface area contributed by atoms with E-state index in [0.717, 1.165) is 19.4 Å². The lowest BCUT2D eigenvalue weighted by Crippen LogP contribution is -2.45. The Hall–Kier alpha value is -1.14. The molecular formula is C13H23FN2O3. The van der Waals surface area contributed by atoms with E-state index < -0.39 is 18.6 Å². The maximum Gasteiger partial charge on any atom is 0.315 e. The Labute approximate surface area is 113 Å². The molecule has 0 aromatic carbocycles. The number of carbonyl (C=O) groups is 3. The van der Waals surface area contributed by atoms with Crippen LogP contribution in [-0.2, 0) is 14.4 Å². The molecular weight excluding hydrogens is 251 g/mol. The first kappa shape index (κ1) is 17.9. The maximum atomic E-state index is 12.6. The first-order chi connectivity index (χ1) is 8.88. The van der Waals surface area contributed by atoms with Crippen molar-refractivity contribution in [2.45, 2.75) is 39.2 Å². The van der Waals surface area contributed by atoms with E-state index in [0.29, 0.717) is 6.42 Å². The van der Waals surface area contributed by atoms with Gasteiger partial charge in [-0.05, 0) is 40.3 Å². The van der Waals surface area contributed by atoms with Crippen molar-refractivity contribution >= 4 is 17.6 Å². The lowest BCUT2D eigenvalue weighted by atomic mass is 10.0. The minimum atomic E-state index is -1.53. The van der Waals surface area contributed by atoms with Crippen LogP contribution in [0.4, 0.5) is 4.39 Å². The second-order valence-corrected chi connectivity index (χ2v) is 4.69. The van der Waals surface area contributed by atoms with Gasteiger partial charge in [-0.25, -0.2) is 0 Å². The molecule has 19 heavy (non-hydrogen) atoms. The molecule has 0 saturated carbocycles. The van der Waals surface area contributed by atoms with Crippen LogP contribution in [-0.4, -0.2) is 55.2 Å². The summed E-state index contributed by atoms with van der Waals surface area (Å²) in [6.07, 6.45) is 2.19. The van der Waals surface area contributed by atoms with E-state index in [1.54, 1.807) is 0 Å². The summed E-state index contributed by atoms with van der Waals surface area (Å²) in [6.45, 7) is 3.01. The summed E-state index contributed by atoms with van der Waals surface area (Å²) < 4.78 is 12.6. The first-order valence-electron chi connectivity index (χ1n) is 6.45. The smallest absolute Gasteiger partial charge is 0.315 e. The van der Waals surface area contributed by atoms with Gasteiger partial charge in [0.15, 0.2) is 0 Å². The van der Waals surface area contributed by atoms with Crippen molar-refractivity contribution in [3.8, 4) is 0 Å². The molecule has 110 valence electrons. The summed E-state index contributed by atoms with van der Waals surface area (Å²) in [6, 6.07) is -2.09. The molecule has 0 amide bonds. The van der Waals surface area contributed by atoms with Crippen molar-refractivity contribution in [1.82, 2.24) is 10.2 Å². The average molecular weight is 274 g/mol. The van der Waals surface area contributed by atoms with Crippen molar-refractivity contribution in [2.24, 2.45) is 0 Å². The van der Waals surface area contributed by atoms with E-state index >= 15 is 0 Å². The fourth-order valence-corrected chi connectivity index (χ4v) is 2.00. The zero-order valence-electron chi connectivity index (χ0n) is 11.9. The molecule has 0 spiro atoms. The lowest BCUT2D eigenvalue weighted by Gasteiger charge is -2.27. The molecule has 0 aliphatic carbocycles. The van der Waals surface area contributed by atoms with Crippen LogP contribution in [0.2, 0.25) is 0 Å². The topological polar surface area (TPSA) is 66.5 Å². The number of halogens is 1. The molecule has 0 radical (unpaired) electrons. The molecule has 0 aromatic heterocycles. The van der Waals surface area contributed by atoms with Gasteiger partial charge in [0, 0.05) is 0 Å². The molecule has 1 unspecified atom stereocenters. The Kier molecular flexibility index (Phi) is 9.16. The molecule has 1 N–H and O–H groups in total. The summed E-state index contributed by atoms with van der Waals surface area (Å²) >= 11 is 0. The number of carbonyl (C=O) groups excluding carboxylic acids is 3. The first-order valence-corrected chi connectivity index (χ1v) is 6.45. The fraction of sp³-hybridized carbons (Fsp3) is 0.769. The Balaban J connectivity index is 4.59. The SMILES string of the molecule is CNCCCCC(C(C)=O)N(CC(C)=O)CC(=O)F. The predicted molar refractivity (Wildman–Crippen MR) is 70.6 cm³/mol. The third kappa shape index (κ3) is 8.56. The molecule has 0 aliphatic heterocycles. The third-order valence-corrected chi connectivity index (χ3v) is 2.82. The Morgan fingerprint density at radius 1 is 1.16 bits per heavy atom. The molecule has 0 bridgehead atoms. The third-order valence-electron chi connectivity index (χ3n) is 2.82. The van der Waals surface area contributed by atoms with E-state index in [9.17, 15) is 18.8 Å². The summed E-state index contributed by atoms with van der Waals surface area (Å²) in [5.41, 5.74) is 0. The van der Waals surface area contributed by atoms with E-state index in [4.69, 9.17) is 0 Å². The number of ketones is 2. The molecule has 0 fully saturated rings. The number of unbranched alkanes of at least 4 members (excludes halogenated alkanes) is 1. The summed E-state index contributed by atoms with van der Waals surface area (Å²) in [7, 11) is 1.84. The second kappa shape index (κ2) is 9.75. The number of Topliss-reactive ketones (excluding diaryl/α,β-unsaturated/α-hetero) is 2. The highest BCUT2D eigenvalue weighted by Gasteiger charge is 2.25. The second-order valence-electron chi connectivity index (χ2n) is 4.69. The zero-order chi connectivity index (χ0) is 14.8. The minimum absolute atomic E-state index is 0.0774. The van der Waals surface area contributed by atoms with Crippen molar-refractivity contribution in [3.63, 3.8) is 0 Å². The number of rotatable bonds is 11. The summed E-state index contributed by atoms with van der Waals surface area (Å²) in [5.74, 6) is -0.338. The molecule has 0 aromatic rings. The molecule has 5 nitrogen and oxygen atoms in total. The molecule has 6 heteroatoms. The van der Waals surface area contributed by atoms with Gasteiger partial charge in [0.1, 0.15) is 11.6 Å². The van der Waals surface area contributed by atoms with Gasteiger partial charge in [0.2, 0.25) is 0 Å². The van der Waals surface area contributed by atoms with Crippen LogP contribution in [0.3, 0.4) is 0 Å².